The summed E-state index contributed by atoms with van der Waals surface area (Å²) >= 11 is 10.1. The maximum atomic E-state index is 5.06. The van der Waals surface area contributed by atoms with Crippen molar-refractivity contribution in [1.82, 2.24) is 9.97 Å². The van der Waals surface area contributed by atoms with Gasteiger partial charge in [-0.1, -0.05) is 42.5 Å². The Hall–Kier alpha value is -1.26. The zero-order valence-corrected chi connectivity index (χ0v) is 9.62. The molecule has 15 heavy (non-hydrogen) atoms. The van der Waals surface area contributed by atoms with Crippen molar-refractivity contribution >= 4 is 24.4 Å². The Kier molecular flexibility index (Phi) is 3.08. The van der Waals surface area contributed by atoms with E-state index >= 15 is 0 Å². The van der Waals surface area contributed by atoms with Gasteiger partial charge in [0.1, 0.15) is 4.64 Å². The van der Waals surface area contributed by atoms with Gasteiger partial charge in [0.15, 0.2) is 4.77 Å². The highest BCUT2D eigenvalue weighted by Gasteiger charge is 1.95. The van der Waals surface area contributed by atoms with Crippen LogP contribution in [0.1, 0.15) is 11.3 Å². The molecule has 0 atom stereocenters. The lowest BCUT2D eigenvalue weighted by Gasteiger charge is -2.01. The fourth-order valence-corrected chi connectivity index (χ4v) is 1.98. The topological polar surface area (TPSA) is 31.6 Å². The van der Waals surface area contributed by atoms with Crippen molar-refractivity contribution in [1.29, 1.82) is 0 Å². The van der Waals surface area contributed by atoms with Crippen LogP contribution < -0.4 is 0 Å². The van der Waals surface area contributed by atoms with Gasteiger partial charge in [0.25, 0.3) is 0 Å². The number of rotatable bonds is 2. The molecular weight excluding hydrogens is 224 g/mol. The lowest BCUT2D eigenvalue weighted by atomic mass is 10.1. The molecule has 2 nitrogen and oxygen atoms in total. The van der Waals surface area contributed by atoms with Gasteiger partial charge in [-0.05, 0) is 23.8 Å². The quantitative estimate of drug-likeness (QED) is 0.780. The molecule has 0 saturated heterocycles. The zero-order valence-electron chi connectivity index (χ0n) is 7.99. The number of nitrogens with one attached hydrogen (secondary N) is 2. The van der Waals surface area contributed by atoms with Gasteiger partial charge in [0, 0.05) is 12.1 Å². The lowest BCUT2D eigenvalue weighted by molar-refractivity contribution is 1.00. The van der Waals surface area contributed by atoms with Crippen molar-refractivity contribution in [3.63, 3.8) is 0 Å². The Morgan fingerprint density at radius 3 is 2.40 bits per heavy atom. The molecule has 0 radical (unpaired) electrons. The van der Waals surface area contributed by atoms with E-state index in [4.69, 9.17) is 24.4 Å². The average molecular weight is 234 g/mol. The molecule has 0 spiro atoms. The summed E-state index contributed by atoms with van der Waals surface area (Å²) in [6, 6.07) is 12.1. The van der Waals surface area contributed by atoms with Crippen LogP contribution in [0, 0.1) is 9.41 Å². The van der Waals surface area contributed by atoms with Gasteiger partial charge in [0.05, 0.1) is 0 Å². The molecule has 0 bridgehead atoms. The summed E-state index contributed by atoms with van der Waals surface area (Å²) in [5.74, 6) is 0. The predicted molar refractivity (Wildman–Crippen MR) is 66.1 cm³/mol. The van der Waals surface area contributed by atoms with E-state index in [2.05, 4.69) is 22.1 Å². The van der Waals surface area contributed by atoms with E-state index in [1.54, 1.807) is 0 Å². The minimum atomic E-state index is 0.577. The summed E-state index contributed by atoms with van der Waals surface area (Å²) in [6.45, 7) is 0. The molecule has 0 fully saturated rings. The third-order valence-electron chi connectivity index (χ3n) is 2.05. The molecule has 2 aromatic rings. The number of benzene rings is 1. The second kappa shape index (κ2) is 4.51. The monoisotopic (exact) mass is 234 g/mol. The van der Waals surface area contributed by atoms with Crippen LogP contribution in [0.25, 0.3) is 0 Å². The third-order valence-corrected chi connectivity index (χ3v) is 2.48. The van der Waals surface area contributed by atoms with Gasteiger partial charge in [-0.2, -0.15) is 0 Å². The van der Waals surface area contributed by atoms with Crippen molar-refractivity contribution < 1.29 is 0 Å². The van der Waals surface area contributed by atoms with Crippen LogP contribution >= 0.6 is 24.4 Å². The normalized spacial score (nSPS) is 10.1. The lowest BCUT2D eigenvalue weighted by Crippen LogP contribution is -1.94. The van der Waals surface area contributed by atoms with E-state index in [0.29, 0.717) is 9.41 Å². The van der Waals surface area contributed by atoms with Crippen LogP contribution in [0.5, 0.6) is 0 Å². The molecule has 0 saturated carbocycles. The van der Waals surface area contributed by atoms with Gasteiger partial charge in [-0.25, -0.2) is 0 Å². The maximum Gasteiger partial charge on any atom is 0.175 e. The molecule has 1 aromatic heterocycles. The first-order valence-corrected chi connectivity index (χ1v) is 5.42. The van der Waals surface area contributed by atoms with Gasteiger partial charge >= 0.3 is 0 Å². The Morgan fingerprint density at radius 2 is 1.73 bits per heavy atom. The first kappa shape index (κ1) is 10.3. The standard InChI is InChI=1S/C11H10N2S2/c14-10-7-9(12-11(15)13-10)6-8-4-2-1-3-5-8/h1-5,7H,6H2,(H2,12,13,14,15). The third kappa shape index (κ3) is 2.84. The molecule has 76 valence electrons. The molecule has 4 heteroatoms. The van der Waals surface area contributed by atoms with Crippen LogP contribution in [-0.2, 0) is 6.42 Å². The van der Waals surface area contributed by atoms with Crippen LogP contribution in [0.2, 0.25) is 0 Å². The van der Waals surface area contributed by atoms with Crippen molar-refractivity contribution in [2.45, 2.75) is 6.42 Å². The van der Waals surface area contributed by atoms with Gasteiger partial charge in [-0.15, -0.1) is 0 Å². The highest BCUT2D eigenvalue weighted by Crippen LogP contribution is 2.06. The van der Waals surface area contributed by atoms with Crippen LogP contribution in [0.15, 0.2) is 36.4 Å². The Labute approximate surface area is 98.0 Å². The van der Waals surface area contributed by atoms with Crippen molar-refractivity contribution in [3.8, 4) is 0 Å². The van der Waals surface area contributed by atoms with E-state index in [1.807, 2.05) is 24.3 Å². The summed E-state index contributed by atoms with van der Waals surface area (Å²) in [5.41, 5.74) is 2.28. The highest BCUT2D eigenvalue weighted by molar-refractivity contribution is 7.72. The Balaban J connectivity index is 2.33. The number of hydrogen-bond acceptors (Lipinski definition) is 2. The first-order chi connectivity index (χ1) is 7.24. The fourth-order valence-electron chi connectivity index (χ4n) is 1.43. The molecule has 2 rings (SSSR count). The molecular formula is C11H10N2S2. The maximum absolute atomic E-state index is 5.06. The van der Waals surface area contributed by atoms with E-state index < -0.39 is 0 Å². The molecule has 1 aromatic carbocycles. The molecule has 0 amide bonds. The molecule has 2 N–H and O–H groups in total. The van der Waals surface area contributed by atoms with Crippen LogP contribution in [-0.4, -0.2) is 9.97 Å². The van der Waals surface area contributed by atoms with E-state index in [-0.39, 0.29) is 0 Å². The number of hydrogen-bond donors (Lipinski definition) is 2. The molecule has 0 aliphatic carbocycles. The second-order valence-corrected chi connectivity index (χ2v) is 4.12. The smallest absolute Gasteiger partial charge is 0.175 e. The predicted octanol–water partition coefficient (Wildman–Crippen LogP) is 3.39. The summed E-state index contributed by atoms with van der Waals surface area (Å²) in [7, 11) is 0. The van der Waals surface area contributed by atoms with Gasteiger partial charge in [-0.3, -0.25) is 0 Å². The largest absolute Gasteiger partial charge is 0.336 e. The van der Waals surface area contributed by atoms with Crippen molar-refractivity contribution in [2.24, 2.45) is 0 Å². The summed E-state index contributed by atoms with van der Waals surface area (Å²) < 4.78 is 1.25. The second-order valence-electron chi connectivity index (χ2n) is 3.28. The number of H-pyrrole nitrogens is 2. The molecule has 0 aliphatic rings. The van der Waals surface area contributed by atoms with Crippen LogP contribution in [0.3, 0.4) is 0 Å². The fraction of sp³-hybridized carbons (Fsp3) is 0.0909. The Morgan fingerprint density at radius 1 is 1.00 bits per heavy atom. The zero-order chi connectivity index (χ0) is 10.7. The summed E-state index contributed by atoms with van der Waals surface area (Å²) in [5, 5.41) is 0. The first-order valence-electron chi connectivity index (χ1n) is 4.60. The average Bonchev–Trinajstić information content (AvgIpc) is 2.17. The molecule has 0 unspecified atom stereocenters. The van der Waals surface area contributed by atoms with E-state index in [0.717, 1.165) is 12.1 Å². The van der Waals surface area contributed by atoms with E-state index in [1.165, 1.54) is 5.56 Å². The summed E-state index contributed by atoms with van der Waals surface area (Å²) in [6.07, 6.45) is 0.822. The Bertz CT molecular complexity index is 526. The van der Waals surface area contributed by atoms with Gasteiger partial charge in [0.2, 0.25) is 0 Å². The number of aromatic nitrogens is 2. The van der Waals surface area contributed by atoms with Crippen molar-refractivity contribution in [3.05, 3.63) is 57.1 Å². The van der Waals surface area contributed by atoms with E-state index in [9.17, 15) is 0 Å². The molecule has 0 aliphatic heterocycles. The minimum absolute atomic E-state index is 0.577. The number of aromatic amines is 2. The SMILES string of the molecule is S=c1cc(Cc2ccccc2)[nH]c(=S)[nH]1. The minimum Gasteiger partial charge on any atom is -0.336 e. The summed E-state index contributed by atoms with van der Waals surface area (Å²) in [4.78, 5) is 5.96. The molecule has 1 heterocycles. The van der Waals surface area contributed by atoms with Crippen molar-refractivity contribution in [2.75, 3.05) is 0 Å². The van der Waals surface area contributed by atoms with Crippen LogP contribution in [0.4, 0.5) is 0 Å². The highest BCUT2D eigenvalue weighted by atomic mass is 32.1. The van der Waals surface area contributed by atoms with Gasteiger partial charge < -0.3 is 9.97 Å².